The molecule has 0 amide bonds. The van der Waals surface area contributed by atoms with Crippen LogP contribution in [0.15, 0.2) is 23.2 Å². The van der Waals surface area contributed by atoms with Crippen LogP contribution < -0.4 is 19.5 Å². The molecule has 1 saturated carbocycles. The molecule has 30 heavy (non-hydrogen) atoms. The molecule has 8 nitrogen and oxygen atoms in total. The Morgan fingerprint density at radius 1 is 1.27 bits per heavy atom. The van der Waals surface area contributed by atoms with Gasteiger partial charge in [-0.15, -0.1) is 24.0 Å². The van der Waals surface area contributed by atoms with Gasteiger partial charge >= 0.3 is 0 Å². The number of halogens is 1. The third-order valence-corrected chi connectivity index (χ3v) is 6.36. The lowest BCUT2D eigenvalue weighted by Gasteiger charge is -2.25. The first kappa shape index (κ1) is 26.8. The molecule has 1 aromatic rings. The van der Waals surface area contributed by atoms with E-state index in [1.165, 1.54) is 6.42 Å². The van der Waals surface area contributed by atoms with E-state index >= 15 is 0 Å². The van der Waals surface area contributed by atoms with E-state index in [4.69, 9.17) is 9.47 Å². The van der Waals surface area contributed by atoms with Gasteiger partial charge in [-0.2, -0.15) is 0 Å². The second-order valence-corrected chi connectivity index (χ2v) is 9.16. The number of hydrogen-bond donors (Lipinski definition) is 2. The Morgan fingerprint density at radius 3 is 2.57 bits per heavy atom. The maximum Gasteiger partial charge on any atom is 0.213 e. The van der Waals surface area contributed by atoms with E-state index in [1.807, 2.05) is 37.1 Å². The normalized spacial score (nSPS) is 14.5. The number of aliphatic imine (C=N–C) groups is 1. The van der Waals surface area contributed by atoms with E-state index in [0.29, 0.717) is 31.5 Å². The first-order chi connectivity index (χ1) is 13.9. The van der Waals surface area contributed by atoms with Gasteiger partial charge in [-0.05, 0) is 37.8 Å². The van der Waals surface area contributed by atoms with Crippen LogP contribution in [0.3, 0.4) is 0 Å². The SMILES string of the molecule is CCNC(=NCCS(=O)(=O)NCC1CCC1)N(C)Cc1ccc(OC)cc1OC.I. The molecule has 0 bridgehead atoms. The molecule has 1 aliphatic rings. The molecule has 1 fully saturated rings. The molecule has 2 rings (SSSR count). The Kier molecular flexibility index (Phi) is 11.8. The van der Waals surface area contributed by atoms with Crippen molar-refractivity contribution in [1.29, 1.82) is 0 Å². The Balaban J connectivity index is 0.00000450. The van der Waals surface area contributed by atoms with Gasteiger partial charge in [-0.25, -0.2) is 13.1 Å². The average Bonchev–Trinajstić information content (AvgIpc) is 2.66. The average molecular weight is 554 g/mol. The van der Waals surface area contributed by atoms with Gasteiger partial charge in [-0.1, -0.05) is 6.42 Å². The van der Waals surface area contributed by atoms with Gasteiger partial charge in [0.25, 0.3) is 0 Å². The van der Waals surface area contributed by atoms with Crippen LogP contribution in [0.4, 0.5) is 0 Å². The number of hydrogen-bond acceptors (Lipinski definition) is 5. The molecule has 1 aromatic carbocycles. The third-order valence-electron chi connectivity index (χ3n) is 5.04. The summed E-state index contributed by atoms with van der Waals surface area (Å²) in [6, 6.07) is 5.68. The molecule has 0 aromatic heterocycles. The van der Waals surface area contributed by atoms with Crippen LogP contribution in [-0.2, 0) is 16.6 Å². The molecule has 0 heterocycles. The molecule has 172 valence electrons. The number of nitrogens with zero attached hydrogens (tertiary/aromatic N) is 2. The molecule has 0 saturated heterocycles. The molecular formula is C20H35IN4O4S. The minimum Gasteiger partial charge on any atom is -0.497 e. The van der Waals surface area contributed by atoms with Crippen molar-refractivity contribution >= 4 is 40.0 Å². The van der Waals surface area contributed by atoms with Gasteiger partial charge in [0.15, 0.2) is 5.96 Å². The van der Waals surface area contributed by atoms with Crippen LogP contribution in [0.2, 0.25) is 0 Å². The lowest BCUT2D eigenvalue weighted by molar-refractivity contribution is 0.316. The van der Waals surface area contributed by atoms with Gasteiger partial charge in [0.05, 0.1) is 26.5 Å². The maximum absolute atomic E-state index is 12.2. The van der Waals surface area contributed by atoms with Crippen LogP contribution >= 0.6 is 24.0 Å². The van der Waals surface area contributed by atoms with E-state index in [9.17, 15) is 8.42 Å². The molecule has 0 unspecified atom stereocenters. The molecule has 0 atom stereocenters. The van der Waals surface area contributed by atoms with E-state index in [-0.39, 0.29) is 36.3 Å². The minimum absolute atomic E-state index is 0. The molecule has 0 aliphatic heterocycles. The molecule has 1 aliphatic carbocycles. The zero-order valence-corrected chi connectivity index (χ0v) is 21.5. The number of rotatable bonds is 11. The van der Waals surface area contributed by atoms with Gasteiger partial charge in [0, 0.05) is 38.3 Å². The first-order valence-electron chi connectivity index (χ1n) is 10.1. The van der Waals surface area contributed by atoms with Gasteiger partial charge in [0.1, 0.15) is 11.5 Å². The Bertz CT molecular complexity index is 785. The number of nitrogens with one attached hydrogen (secondary N) is 2. The fourth-order valence-electron chi connectivity index (χ4n) is 3.07. The van der Waals surface area contributed by atoms with Gasteiger partial charge in [-0.3, -0.25) is 4.99 Å². The summed E-state index contributed by atoms with van der Waals surface area (Å²) in [6.45, 7) is 3.98. The number of guanidine groups is 1. The van der Waals surface area contributed by atoms with Gasteiger partial charge < -0.3 is 19.7 Å². The summed E-state index contributed by atoms with van der Waals surface area (Å²) in [5.41, 5.74) is 0.983. The molecule has 0 spiro atoms. The van der Waals surface area contributed by atoms with Crippen molar-refractivity contribution in [2.24, 2.45) is 10.9 Å². The van der Waals surface area contributed by atoms with Crippen LogP contribution in [0.25, 0.3) is 0 Å². The maximum atomic E-state index is 12.2. The molecule has 10 heteroatoms. The number of sulfonamides is 1. The summed E-state index contributed by atoms with van der Waals surface area (Å²) in [5.74, 6) is 2.59. The Labute approximate surface area is 197 Å². The van der Waals surface area contributed by atoms with Crippen molar-refractivity contribution in [2.75, 3.05) is 46.7 Å². The number of benzene rings is 1. The zero-order valence-electron chi connectivity index (χ0n) is 18.3. The fourth-order valence-corrected chi connectivity index (χ4v) is 4.03. The van der Waals surface area contributed by atoms with Crippen LogP contribution in [0, 0.1) is 5.92 Å². The smallest absolute Gasteiger partial charge is 0.213 e. The summed E-state index contributed by atoms with van der Waals surface area (Å²) in [4.78, 5) is 6.44. The van der Waals surface area contributed by atoms with Crippen molar-refractivity contribution < 1.29 is 17.9 Å². The quantitative estimate of drug-likeness (QED) is 0.248. The summed E-state index contributed by atoms with van der Waals surface area (Å²) in [6.07, 6.45) is 3.43. The topological polar surface area (TPSA) is 92.3 Å². The van der Waals surface area contributed by atoms with Crippen molar-refractivity contribution in [2.45, 2.75) is 32.7 Å². The van der Waals surface area contributed by atoms with E-state index in [2.05, 4.69) is 15.0 Å². The lowest BCUT2D eigenvalue weighted by atomic mass is 9.86. The minimum atomic E-state index is -3.30. The molecule has 2 N–H and O–H groups in total. The zero-order chi connectivity index (χ0) is 21.3. The van der Waals surface area contributed by atoms with Crippen molar-refractivity contribution in [3.8, 4) is 11.5 Å². The van der Waals surface area contributed by atoms with E-state index in [1.54, 1.807) is 14.2 Å². The predicted octanol–water partition coefficient (Wildman–Crippen LogP) is 2.44. The highest BCUT2D eigenvalue weighted by atomic mass is 127. The van der Waals surface area contributed by atoms with Crippen LogP contribution in [0.5, 0.6) is 11.5 Å². The van der Waals surface area contributed by atoms with E-state index < -0.39 is 10.0 Å². The standard InChI is InChI=1S/C20H34N4O4S.HI/c1-5-21-20(22-11-12-29(25,26)23-14-16-7-6-8-16)24(2)15-17-9-10-18(27-3)13-19(17)28-4;/h9-10,13,16,23H,5-8,11-12,14-15H2,1-4H3,(H,21,22);1H. The summed E-state index contributed by atoms with van der Waals surface area (Å²) in [7, 11) is 1.85. The number of methoxy groups -OCH3 is 2. The largest absolute Gasteiger partial charge is 0.497 e. The lowest BCUT2D eigenvalue weighted by Crippen LogP contribution is -2.39. The summed E-state index contributed by atoms with van der Waals surface area (Å²) >= 11 is 0. The highest BCUT2D eigenvalue weighted by molar-refractivity contribution is 14.0. The highest BCUT2D eigenvalue weighted by Gasteiger charge is 2.20. The summed E-state index contributed by atoms with van der Waals surface area (Å²) in [5, 5.41) is 3.21. The Morgan fingerprint density at radius 2 is 2.00 bits per heavy atom. The second-order valence-electron chi connectivity index (χ2n) is 7.23. The van der Waals surface area contributed by atoms with Crippen LogP contribution in [-0.4, -0.2) is 65.9 Å². The van der Waals surface area contributed by atoms with Gasteiger partial charge in [0.2, 0.25) is 10.0 Å². The first-order valence-corrected chi connectivity index (χ1v) is 11.7. The monoisotopic (exact) mass is 554 g/mol. The second kappa shape index (κ2) is 13.2. The van der Waals surface area contributed by atoms with Crippen LogP contribution in [0.1, 0.15) is 31.7 Å². The van der Waals surface area contributed by atoms with Crippen molar-refractivity contribution in [3.05, 3.63) is 23.8 Å². The predicted molar refractivity (Wildman–Crippen MR) is 132 cm³/mol. The number of ether oxygens (including phenoxy) is 2. The van der Waals surface area contributed by atoms with E-state index in [0.717, 1.165) is 29.9 Å². The van der Waals surface area contributed by atoms with Crippen molar-refractivity contribution in [1.82, 2.24) is 14.9 Å². The summed E-state index contributed by atoms with van der Waals surface area (Å²) < 4.78 is 37.8. The Hall–Kier alpha value is -1.27. The van der Waals surface area contributed by atoms with Crippen molar-refractivity contribution in [3.63, 3.8) is 0 Å². The molecule has 0 radical (unpaired) electrons. The molecular weight excluding hydrogens is 519 g/mol. The highest BCUT2D eigenvalue weighted by Crippen LogP contribution is 2.26. The third kappa shape index (κ3) is 8.46. The fraction of sp³-hybridized carbons (Fsp3) is 0.650.